The standard InChI is InChI=1S/C18H19N5OS/c1-13(15-10-6-7-11-19-15)21-18(24)22-17-16(25-2)12-20-23(17)14-8-4-3-5-9-14/h3-13H,1-2H3,(H2,21,22,24)/t13-/m0/s1. The Morgan fingerprint density at radius 3 is 2.60 bits per heavy atom. The largest absolute Gasteiger partial charge is 0.330 e. The molecule has 0 saturated carbocycles. The summed E-state index contributed by atoms with van der Waals surface area (Å²) >= 11 is 1.53. The van der Waals surface area contributed by atoms with Crippen LogP contribution in [-0.4, -0.2) is 27.1 Å². The highest BCUT2D eigenvalue weighted by molar-refractivity contribution is 7.98. The summed E-state index contributed by atoms with van der Waals surface area (Å²) in [6, 6.07) is 14.8. The van der Waals surface area contributed by atoms with Crippen molar-refractivity contribution in [1.82, 2.24) is 20.1 Å². The van der Waals surface area contributed by atoms with Crippen molar-refractivity contribution >= 4 is 23.6 Å². The number of carbonyl (C=O) groups is 1. The van der Waals surface area contributed by atoms with Crippen LogP contribution in [-0.2, 0) is 0 Å². The highest BCUT2D eigenvalue weighted by atomic mass is 32.2. The number of pyridine rings is 1. The molecule has 0 spiro atoms. The van der Waals surface area contributed by atoms with Gasteiger partial charge >= 0.3 is 6.03 Å². The molecule has 128 valence electrons. The maximum absolute atomic E-state index is 12.4. The Balaban J connectivity index is 1.78. The van der Waals surface area contributed by atoms with Crippen molar-refractivity contribution < 1.29 is 4.79 Å². The molecule has 2 heterocycles. The predicted octanol–water partition coefficient (Wildman–Crippen LogP) is 3.87. The van der Waals surface area contributed by atoms with Crippen molar-refractivity contribution in [3.63, 3.8) is 0 Å². The van der Waals surface area contributed by atoms with E-state index in [1.54, 1.807) is 17.1 Å². The van der Waals surface area contributed by atoms with E-state index in [4.69, 9.17) is 0 Å². The van der Waals surface area contributed by atoms with Crippen LogP contribution >= 0.6 is 11.8 Å². The lowest BCUT2D eigenvalue weighted by molar-refractivity contribution is 0.249. The van der Waals surface area contributed by atoms with Crippen LogP contribution in [0.4, 0.5) is 10.6 Å². The van der Waals surface area contributed by atoms with E-state index in [0.29, 0.717) is 5.82 Å². The molecule has 25 heavy (non-hydrogen) atoms. The third-order valence-corrected chi connectivity index (χ3v) is 4.41. The second kappa shape index (κ2) is 7.85. The minimum Gasteiger partial charge on any atom is -0.330 e. The van der Waals surface area contributed by atoms with E-state index in [0.717, 1.165) is 16.3 Å². The third-order valence-electron chi connectivity index (χ3n) is 3.67. The summed E-state index contributed by atoms with van der Waals surface area (Å²) in [6.45, 7) is 1.89. The van der Waals surface area contributed by atoms with Crippen molar-refractivity contribution in [2.45, 2.75) is 17.9 Å². The molecule has 0 radical (unpaired) electrons. The second-order valence-electron chi connectivity index (χ2n) is 5.38. The van der Waals surface area contributed by atoms with Crippen LogP contribution in [0.1, 0.15) is 18.7 Å². The summed E-state index contributed by atoms with van der Waals surface area (Å²) in [5.74, 6) is 0.643. The molecule has 0 bridgehead atoms. The van der Waals surface area contributed by atoms with Gasteiger partial charge in [0.25, 0.3) is 0 Å². The molecule has 2 aromatic heterocycles. The third kappa shape index (κ3) is 4.00. The van der Waals surface area contributed by atoms with Crippen LogP contribution in [0.3, 0.4) is 0 Å². The van der Waals surface area contributed by atoms with Gasteiger partial charge in [0, 0.05) is 6.20 Å². The van der Waals surface area contributed by atoms with E-state index in [9.17, 15) is 4.79 Å². The van der Waals surface area contributed by atoms with Gasteiger partial charge in [-0.15, -0.1) is 11.8 Å². The molecular formula is C18H19N5OS. The number of para-hydroxylation sites is 1. The van der Waals surface area contributed by atoms with Crippen molar-refractivity contribution in [2.24, 2.45) is 0 Å². The molecule has 3 aromatic rings. The van der Waals surface area contributed by atoms with Gasteiger partial charge in [-0.2, -0.15) is 5.10 Å². The van der Waals surface area contributed by atoms with E-state index in [2.05, 4.69) is 20.7 Å². The molecule has 0 saturated heterocycles. The number of carbonyl (C=O) groups excluding carboxylic acids is 1. The lowest BCUT2D eigenvalue weighted by Gasteiger charge is -2.15. The summed E-state index contributed by atoms with van der Waals surface area (Å²) < 4.78 is 1.72. The molecule has 2 N–H and O–H groups in total. The summed E-state index contributed by atoms with van der Waals surface area (Å²) in [5.41, 5.74) is 1.69. The first-order valence-electron chi connectivity index (χ1n) is 7.85. The van der Waals surface area contributed by atoms with E-state index in [1.807, 2.05) is 61.7 Å². The highest BCUT2D eigenvalue weighted by Crippen LogP contribution is 2.27. The molecule has 0 aliphatic carbocycles. The maximum Gasteiger partial charge on any atom is 0.320 e. The molecule has 0 aliphatic heterocycles. The maximum atomic E-state index is 12.4. The zero-order valence-corrected chi connectivity index (χ0v) is 14.8. The highest BCUT2D eigenvalue weighted by Gasteiger charge is 2.16. The Morgan fingerprint density at radius 2 is 1.92 bits per heavy atom. The van der Waals surface area contributed by atoms with Gasteiger partial charge in [0.1, 0.15) is 0 Å². The molecule has 0 fully saturated rings. The summed E-state index contributed by atoms with van der Waals surface area (Å²) in [7, 11) is 0. The number of hydrogen-bond donors (Lipinski definition) is 2. The monoisotopic (exact) mass is 353 g/mol. The van der Waals surface area contributed by atoms with Gasteiger partial charge < -0.3 is 5.32 Å². The molecule has 0 aliphatic rings. The normalized spacial score (nSPS) is 11.8. The van der Waals surface area contributed by atoms with Crippen LogP contribution < -0.4 is 10.6 Å². The van der Waals surface area contributed by atoms with Crippen molar-refractivity contribution in [2.75, 3.05) is 11.6 Å². The summed E-state index contributed by atoms with van der Waals surface area (Å²) in [4.78, 5) is 17.6. The average molecular weight is 353 g/mol. The zero-order chi connectivity index (χ0) is 17.6. The number of anilines is 1. The number of aromatic nitrogens is 3. The fraction of sp³-hybridized carbons (Fsp3) is 0.167. The van der Waals surface area contributed by atoms with Gasteiger partial charge in [-0.25, -0.2) is 9.48 Å². The first kappa shape index (κ1) is 17.0. The number of amides is 2. The lowest BCUT2D eigenvalue weighted by atomic mass is 10.2. The van der Waals surface area contributed by atoms with E-state index >= 15 is 0 Å². The molecule has 3 rings (SSSR count). The number of benzene rings is 1. The number of thioether (sulfide) groups is 1. The second-order valence-corrected chi connectivity index (χ2v) is 6.23. The topological polar surface area (TPSA) is 71.8 Å². The summed E-state index contributed by atoms with van der Waals surface area (Å²) in [5, 5.41) is 10.2. The van der Waals surface area contributed by atoms with E-state index in [1.165, 1.54) is 11.8 Å². The number of nitrogens with one attached hydrogen (secondary N) is 2. The van der Waals surface area contributed by atoms with E-state index < -0.39 is 0 Å². The number of hydrogen-bond acceptors (Lipinski definition) is 4. The molecule has 6 nitrogen and oxygen atoms in total. The van der Waals surface area contributed by atoms with Crippen molar-refractivity contribution in [1.29, 1.82) is 0 Å². The lowest BCUT2D eigenvalue weighted by Crippen LogP contribution is -2.32. The minimum atomic E-state index is -0.300. The van der Waals surface area contributed by atoms with Gasteiger partial charge in [-0.05, 0) is 37.4 Å². The Hall–Kier alpha value is -2.80. The molecule has 7 heteroatoms. The molecular weight excluding hydrogens is 334 g/mol. The van der Waals surface area contributed by atoms with Gasteiger partial charge in [-0.3, -0.25) is 10.3 Å². The van der Waals surface area contributed by atoms with Crippen molar-refractivity contribution in [3.05, 3.63) is 66.6 Å². The average Bonchev–Trinajstić information content (AvgIpc) is 3.05. The quantitative estimate of drug-likeness (QED) is 0.683. The predicted molar refractivity (Wildman–Crippen MR) is 100 cm³/mol. The van der Waals surface area contributed by atoms with Crippen LogP contribution in [0, 0.1) is 0 Å². The minimum absolute atomic E-state index is 0.202. The van der Waals surface area contributed by atoms with Gasteiger partial charge in [0.2, 0.25) is 0 Å². The van der Waals surface area contributed by atoms with Crippen LogP contribution in [0.25, 0.3) is 5.69 Å². The zero-order valence-electron chi connectivity index (χ0n) is 14.0. The molecule has 0 unspecified atom stereocenters. The number of nitrogens with zero attached hydrogens (tertiary/aromatic N) is 3. The van der Waals surface area contributed by atoms with Crippen LogP contribution in [0.2, 0.25) is 0 Å². The number of rotatable bonds is 5. The van der Waals surface area contributed by atoms with Gasteiger partial charge in [-0.1, -0.05) is 24.3 Å². The number of urea groups is 1. The smallest absolute Gasteiger partial charge is 0.320 e. The van der Waals surface area contributed by atoms with Gasteiger partial charge in [0.15, 0.2) is 5.82 Å². The first-order chi connectivity index (χ1) is 12.2. The Kier molecular flexibility index (Phi) is 5.35. The fourth-order valence-electron chi connectivity index (χ4n) is 2.41. The molecule has 2 amide bonds. The van der Waals surface area contributed by atoms with Crippen molar-refractivity contribution in [3.8, 4) is 5.69 Å². The fourth-order valence-corrected chi connectivity index (χ4v) is 2.89. The summed E-state index contributed by atoms with van der Waals surface area (Å²) in [6.07, 6.45) is 5.41. The Morgan fingerprint density at radius 1 is 1.16 bits per heavy atom. The Labute approximate surface area is 150 Å². The Bertz CT molecular complexity index is 835. The van der Waals surface area contributed by atoms with Crippen LogP contribution in [0.5, 0.6) is 0 Å². The van der Waals surface area contributed by atoms with Crippen LogP contribution in [0.15, 0.2) is 65.8 Å². The molecule has 1 aromatic carbocycles. The SMILES string of the molecule is CSc1cnn(-c2ccccc2)c1NC(=O)N[C@@H](C)c1ccccn1. The van der Waals surface area contributed by atoms with Gasteiger partial charge in [0.05, 0.1) is 28.5 Å². The molecule has 1 atom stereocenters. The van der Waals surface area contributed by atoms with E-state index in [-0.39, 0.29) is 12.1 Å². The first-order valence-corrected chi connectivity index (χ1v) is 9.07.